The fourth-order valence-corrected chi connectivity index (χ4v) is 8.04. The zero-order valence-electron chi connectivity index (χ0n) is 20.3. The Morgan fingerprint density at radius 2 is 1.66 bits per heavy atom. The predicted octanol–water partition coefficient (Wildman–Crippen LogP) is 1.71. The van der Waals surface area contributed by atoms with Crippen LogP contribution in [0.1, 0.15) is 71.6 Å². The fourth-order valence-electron chi connectivity index (χ4n) is 8.04. The summed E-state index contributed by atoms with van der Waals surface area (Å²) >= 11 is 0. The first-order valence-electron chi connectivity index (χ1n) is 12.9. The van der Waals surface area contributed by atoms with Crippen LogP contribution in [-0.2, 0) is 23.9 Å². The van der Waals surface area contributed by atoms with Gasteiger partial charge < -0.3 is 29.9 Å². The molecule has 0 amide bonds. The van der Waals surface area contributed by atoms with Gasteiger partial charge in [-0.25, -0.2) is 0 Å². The number of Topliss-reactive ketones (excluding diaryl/α,β-unsaturated/α-hetero) is 2. The van der Waals surface area contributed by atoms with E-state index in [4.69, 9.17) is 14.6 Å². The lowest BCUT2D eigenvalue weighted by Gasteiger charge is -2.57. The Hall–Kier alpha value is -1.81. The molecule has 4 N–H and O–H groups in total. The van der Waals surface area contributed by atoms with Crippen molar-refractivity contribution in [2.24, 2.45) is 28.6 Å². The molecule has 5 aliphatic rings. The summed E-state index contributed by atoms with van der Waals surface area (Å²) < 4.78 is 11.5. The highest BCUT2D eigenvalue weighted by Gasteiger charge is 2.60. The summed E-state index contributed by atoms with van der Waals surface area (Å²) in [5.41, 5.74) is 0.380. The van der Waals surface area contributed by atoms with Gasteiger partial charge in [0.05, 0.1) is 6.42 Å². The van der Waals surface area contributed by atoms with Gasteiger partial charge in [0, 0.05) is 18.3 Å². The second-order valence-corrected chi connectivity index (χ2v) is 11.7. The van der Waals surface area contributed by atoms with Crippen LogP contribution in [0.4, 0.5) is 0 Å². The van der Waals surface area contributed by atoms with Gasteiger partial charge >= 0.3 is 5.97 Å². The van der Waals surface area contributed by atoms with Gasteiger partial charge in [-0.05, 0) is 67.3 Å². The summed E-state index contributed by atoms with van der Waals surface area (Å²) in [5.74, 6) is 0.214. The molecule has 3 saturated carbocycles. The van der Waals surface area contributed by atoms with E-state index in [1.54, 1.807) is 0 Å². The number of carboxylic acids is 1. The molecule has 4 aliphatic carbocycles. The molecule has 9 heteroatoms. The summed E-state index contributed by atoms with van der Waals surface area (Å²) in [7, 11) is 0. The number of hydrogen-bond acceptors (Lipinski definition) is 8. The van der Waals surface area contributed by atoms with Gasteiger partial charge in [-0.3, -0.25) is 14.4 Å². The molecule has 9 nitrogen and oxygen atoms in total. The van der Waals surface area contributed by atoms with Crippen molar-refractivity contribution in [1.29, 1.82) is 0 Å². The van der Waals surface area contributed by atoms with Crippen molar-refractivity contribution in [3.63, 3.8) is 0 Å². The molecule has 0 bridgehead atoms. The largest absolute Gasteiger partial charge is 0.481 e. The molecule has 1 aliphatic heterocycles. The number of aliphatic hydroxyl groups excluding tert-OH is 3. The third-order valence-corrected chi connectivity index (χ3v) is 10.1. The van der Waals surface area contributed by atoms with E-state index in [0.717, 1.165) is 31.3 Å². The first-order valence-corrected chi connectivity index (χ1v) is 12.9. The Bertz CT molecular complexity index is 958. The smallest absolute Gasteiger partial charge is 0.306 e. The van der Waals surface area contributed by atoms with Gasteiger partial charge in [-0.2, -0.15) is 0 Å². The number of ether oxygens (including phenoxy) is 2. The van der Waals surface area contributed by atoms with Crippen molar-refractivity contribution in [1.82, 2.24) is 0 Å². The van der Waals surface area contributed by atoms with Crippen molar-refractivity contribution in [3.8, 4) is 0 Å². The molecule has 1 heterocycles. The maximum Gasteiger partial charge on any atom is 0.306 e. The Morgan fingerprint density at radius 1 is 0.943 bits per heavy atom. The van der Waals surface area contributed by atoms with Crippen LogP contribution in [-0.4, -0.2) is 68.7 Å². The van der Waals surface area contributed by atoms with E-state index in [-0.39, 0.29) is 28.8 Å². The molecule has 10 atom stereocenters. The standard InChI is InChI=1S/C26H36O9/c1-25-10-8-16(27)23(35-24-22(33)21(32)20(31)17(34-24)11-19(29)30)15(25)4-3-12-13-5-6-18(28)26(13,2)9-7-14(12)25/h12-14,17,20-22,24,31-33H,3-11H2,1-2H3,(H,29,30)/t12-,13-,14-,17+,20+,21-,22+,24-,25+,26-/m0/s1. The van der Waals surface area contributed by atoms with E-state index in [9.17, 15) is 29.7 Å². The molecule has 0 unspecified atom stereocenters. The molecule has 0 aromatic heterocycles. The maximum atomic E-state index is 13.0. The van der Waals surface area contributed by atoms with Gasteiger partial charge in [-0.15, -0.1) is 0 Å². The number of carbonyl (C=O) groups excluding carboxylic acids is 2. The van der Waals surface area contributed by atoms with E-state index in [1.807, 2.05) is 0 Å². The van der Waals surface area contributed by atoms with Gasteiger partial charge in [0.2, 0.25) is 6.29 Å². The zero-order chi connectivity index (χ0) is 25.3. The van der Waals surface area contributed by atoms with E-state index < -0.39 is 43.1 Å². The first kappa shape index (κ1) is 24.9. The SMILES string of the molecule is C[C@]12CCC(=O)C(O[C@@H]3O[C@H](CC(=O)O)[C@@H](O)[C@H](O)[C@H]3O)=C1CC[C@@H]1[C@@H]2CC[C@]2(C)C(=O)CC[C@@H]12. The van der Waals surface area contributed by atoms with Crippen LogP contribution in [0.2, 0.25) is 0 Å². The summed E-state index contributed by atoms with van der Waals surface area (Å²) in [6.07, 6.45) is -2.37. The van der Waals surface area contributed by atoms with Crippen molar-refractivity contribution in [2.45, 2.75) is 102 Å². The van der Waals surface area contributed by atoms with Crippen molar-refractivity contribution in [2.75, 3.05) is 0 Å². The van der Waals surface area contributed by atoms with Crippen molar-refractivity contribution < 1.29 is 44.3 Å². The summed E-state index contributed by atoms with van der Waals surface area (Å²) in [5, 5.41) is 40.1. The molecule has 5 rings (SSSR count). The number of rotatable bonds is 4. The molecule has 0 spiro atoms. The minimum atomic E-state index is -1.67. The minimum Gasteiger partial charge on any atom is -0.481 e. The monoisotopic (exact) mass is 492 g/mol. The lowest BCUT2D eigenvalue weighted by Crippen LogP contribution is -2.59. The highest BCUT2D eigenvalue weighted by Crippen LogP contribution is 2.65. The summed E-state index contributed by atoms with van der Waals surface area (Å²) in [6.45, 7) is 4.31. The summed E-state index contributed by atoms with van der Waals surface area (Å²) in [4.78, 5) is 36.9. The number of aliphatic carboxylic acids is 1. The van der Waals surface area contributed by atoms with Crippen molar-refractivity contribution >= 4 is 17.5 Å². The number of allylic oxidation sites excluding steroid dienone is 1. The van der Waals surface area contributed by atoms with Crippen LogP contribution in [0, 0.1) is 28.6 Å². The van der Waals surface area contributed by atoms with Crippen LogP contribution in [0.25, 0.3) is 0 Å². The van der Waals surface area contributed by atoms with Crippen LogP contribution in [0.3, 0.4) is 0 Å². The van der Waals surface area contributed by atoms with Crippen LogP contribution in [0.15, 0.2) is 11.3 Å². The van der Waals surface area contributed by atoms with Crippen LogP contribution >= 0.6 is 0 Å². The first-order chi connectivity index (χ1) is 16.5. The van der Waals surface area contributed by atoms with Gasteiger partial charge in [0.25, 0.3) is 0 Å². The molecular formula is C26H36O9. The molecule has 0 radical (unpaired) electrons. The Balaban J connectivity index is 1.43. The number of aliphatic hydroxyl groups is 3. The highest BCUT2D eigenvalue weighted by atomic mass is 16.7. The number of carboxylic acid groups (broad SMARTS) is 1. The van der Waals surface area contributed by atoms with Gasteiger partial charge in [0.15, 0.2) is 11.5 Å². The number of fused-ring (bicyclic) bond motifs is 5. The third-order valence-electron chi connectivity index (χ3n) is 10.1. The number of ketones is 2. The second-order valence-electron chi connectivity index (χ2n) is 11.7. The van der Waals surface area contributed by atoms with Gasteiger partial charge in [0.1, 0.15) is 30.2 Å². The van der Waals surface area contributed by atoms with Crippen molar-refractivity contribution in [3.05, 3.63) is 11.3 Å². The predicted molar refractivity (Wildman–Crippen MR) is 121 cm³/mol. The molecule has 194 valence electrons. The third kappa shape index (κ3) is 3.77. The Morgan fingerprint density at radius 3 is 2.37 bits per heavy atom. The molecule has 1 saturated heterocycles. The topological polar surface area (TPSA) is 151 Å². The Labute approximate surface area is 204 Å². The minimum absolute atomic E-state index is 0.148. The van der Waals surface area contributed by atoms with Crippen LogP contribution < -0.4 is 0 Å². The number of hydrogen-bond donors (Lipinski definition) is 4. The quantitative estimate of drug-likeness (QED) is 0.460. The molecular weight excluding hydrogens is 456 g/mol. The lowest BCUT2D eigenvalue weighted by molar-refractivity contribution is -0.287. The highest BCUT2D eigenvalue weighted by molar-refractivity contribution is 5.95. The average molecular weight is 493 g/mol. The van der Waals surface area contributed by atoms with Gasteiger partial charge in [-0.1, -0.05) is 13.8 Å². The van der Waals surface area contributed by atoms with Crippen LogP contribution in [0.5, 0.6) is 0 Å². The fraction of sp³-hybridized carbons (Fsp3) is 0.808. The van der Waals surface area contributed by atoms with E-state index in [0.29, 0.717) is 42.8 Å². The zero-order valence-corrected chi connectivity index (χ0v) is 20.3. The van der Waals surface area contributed by atoms with E-state index in [1.165, 1.54) is 0 Å². The molecule has 35 heavy (non-hydrogen) atoms. The summed E-state index contributed by atoms with van der Waals surface area (Å²) in [6, 6.07) is 0. The Kier molecular flexibility index (Phi) is 6.14. The molecule has 4 fully saturated rings. The number of carbonyl (C=O) groups is 3. The maximum absolute atomic E-state index is 13.0. The molecule has 0 aromatic rings. The molecule has 0 aromatic carbocycles. The van der Waals surface area contributed by atoms with E-state index >= 15 is 0 Å². The lowest BCUT2D eigenvalue weighted by atomic mass is 9.47. The normalized spacial score (nSPS) is 47.7. The average Bonchev–Trinajstić information content (AvgIpc) is 3.11. The van der Waals surface area contributed by atoms with E-state index in [2.05, 4.69) is 13.8 Å². The second kappa shape index (κ2) is 8.64.